The summed E-state index contributed by atoms with van der Waals surface area (Å²) in [7, 11) is 0. The van der Waals surface area contributed by atoms with Crippen molar-refractivity contribution in [2.75, 3.05) is 6.61 Å². The minimum Gasteiger partial charge on any atom is -0.393 e. The van der Waals surface area contributed by atoms with Gasteiger partial charge in [-0.2, -0.15) is 0 Å². The molecular formula is C9H16O4. The van der Waals surface area contributed by atoms with Crippen molar-refractivity contribution in [1.82, 2.24) is 0 Å². The molecule has 0 unspecified atom stereocenters. The molecule has 0 bridgehead atoms. The van der Waals surface area contributed by atoms with E-state index in [4.69, 9.17) is 14.9 Å². The van der Waals surface area contributed by atoms with Gasteiger partial charge in [0.1, 0.15) is 11.7 Å². The van der Waals surface area contributed by atoms with E-state index in [0.717, 1.165) is 0 Å². The first kappa shape index (κ1) is 10.7. The summed E-state index contributed by atoms with van der Waals surface area (Å²) < 4.78 is 5.06. The molecule has 1 aliphatic rings. The number of ether oxygens (including phenoxy) is 1. The molecule has 1 aliphatic heterocycles. The third-order valence-electron chi connectivity index (χ3n) is 2.12. The van der Waals surface area contributed by atoms with Gasteiger partial charge in [0.05, 0.1) is 18.8 Å². The molecule has 13 heavy (non-hydrogen) atoms. The van der Waals surface area contributed by atoms with E-state index in [-0.39, 0.29) is 12.2 Å². The molecule has 0 aromatic heterocycles. The number of hydrogen-bond acceptors (Lipinski definition) is 4. The van der Waals surface area contributed by atoms with E-state index >= 15 is 0 Å². The summed E-state index contributed by atoms with van der Waals surface area (Å²) in [5.74, 6) is 0. The Labute approximate surface area is 77.5 Å². The average Bonchev–Trinajstić information content (AvgIpc) is 2.79. The summed E-state index contributed by atoms with van der Waals surface area (Å²) in [6, 6.07) is 0. The highest BCUT2D eigenvalue weighted by atomic mass is 16.6. The zero-order chi connectivity index (χ0) is 10.1. The Kier molecular flexibility index (Phi) is 3.08. The Morgan fingerprint density at radius 2 is 2.15 bits per heavy atom. The highest BCUT2D eigenvalue weighted by Gasteiger charge is 2.49. The maximum atomic E-state index is 9.81. The first-order valence-corrected chi connectivity index (χ1v) is 4.36. The van der Waals surface area contributed by atoms with Crippen molar-refractivity contribution in [2.24, 2.45) is 0 Å². The summed E-state index contributed by atoms with van der Waals surface area (Å²) in [5.41, 5.74) is -1.35. The summed E-state index contributed by atoms with van der Waals surface area (Å²) in [5, 5.41) is 27.7. The van der Waals surface area contributed by atoms with E-state index < -0.39 is 18.3 Å². The van der Waals surface area contributed by atoms with Crippen LogP contribution in [-0.2, 0) is 4.74 Å². The van der Waals surface area contributed by atoms with Crippen molar-refractivity contribution in [2.45, 2.75) is 37.8 Å². The second-order valence-corrected chi connectivity index (χ2v) is 3.51. The van der Waals surface area contributed by atoms with Gasteiger partial charge in [0.15, 0.2) is 0 Å². The molecule has 0 spiro atoms. The van der Waals surface area contributed by atoms with Crippen LogP contribution < -0.4 is 0 Å². The van der Waals surface area contributed by atoms with E-state index in [0.29, 0.717) is 0 Å². The van der Waals surface area contributed by atoms with Crippen molar-refractivity contribution in [3.05, 3.63) is 12.2 Å². The van der Waals surface area contributed by atoms with Crippen molar-refractivity contribution < 1.29 is 20.1 Å². The largest absolute Gasteiger partial charge is 0.393 e. The Bertz CT molecular complexity index is 202. The van der Waals surface area contributed by atoms with Crippen LogP contribution in [0.4, 0.5) is 0 Å². The van der Waals surface area contributed by atoms with Crippen LogP contribution in [0, 0.1) is 0 Å². The van der Waals surface area contributed by atoms with E-state index in [1.54, 1.807) is 6.92 Å². The zero-order valence-corrected chi connectivity index (χ0v) is 7.84. The van der Waals surface area contributed by atoms with Crippen LogP contribution in [0.25, 0.3) is 0 Å². The van der Waals surface area contributed by atoms with E-state index in [1.807, 2.05) is 6.92 Å². The smallest absolute Gasteiger partial charge is 0.134 e. The third kappa shape index (κ3) is 2.51. The second kappa shape index (κ2) is 3.75. The third-order valence-corrected chi connectivity index (χ3v) is 2.12. The molecule has 0 aromatic carbocycles. The van der Waals surface area contributed by atoms with Crippen LogP contribution in [0.15, 0.2) is 12.2 Å². The number of rotatable bonds is 4. The maximum absolute atomic E-state index is 9.81. The van der Waals surface area contributed by atoms with Crippen molar-refractivity contribution in [3.8, 4) is 0 Å². The minimum atomic E-state index is -1.35. The van der Waals surface area contributed by atoms with Crippen molar-refractivity contribution >= 4 is 0 Å². The van der Waals surface area contributed by atoms with Crippen LogP contribution in [0.5, 0.6) is 0 Å². The standard InChI is InChI=1S/C9H16O4/c1-6(11)3-4-9(12,5-10)8-7(2)13-8/h3-4,6-8,10-12H,5H2,1-2H3/b4-3+/t6-,7+,8-,9+/m0/s1. The van der Waals surface area contributed by atoms with Crippen LogP contribution in [-0.4, -0.2) is 45.8 Å². The zero-order valence-electron chi connectivity index (χ0n) is 7.84. The molecule has 1 saturated heterocycles. The highest BCUT2D eigenvalue weighted by Crippen LogP contribution is 2.32. The molecule has 1 rings (SSSR count). The van der Waals surface area contributed by atoms with Crippen LogP contribution in [0.1, 0.15) is 13.8 Å². The molecule has 3 N–H and O–H groups in total. The van der Waals surface area contributed by atoms with Gasteiger partial charge in [-0.3, -0.25) is 0 Å². The molecule has 0 aromatic rings. The lowest BCUT2D eigenvalue weighted by molar-refractivity contribution is 0.00367. The summed E-state index contributed by atoms with van der Waals surface area (Å²) in [6.45, 7) is 3.00. The predicted molar refractivity (Wildman–Crippen MR) is 47.2 cm³/mol. The fraction of sp³-hybridized carbons (Fsp3) is 0.778. The monoisotopic (exact) mass is 188 g/mol. The predicted octanol–water partition coefficient (Wildman–Crippen LogP) is -0.566. The van der Waals surface area contributed by atoms with Gasteiger partial charge in [-0.1, -0.05) is 6.08 Å². The quantitative estimate of drug-likeness (QED) is 0.408. The molecule has 0 aliphatic carbocycles. The molecule has 0 radical (unpaired) electrons. The SMILES string of the molecule is C[C@H](O)/C=C/[C@@](O)(CO)[C@H]1O[C@@H]1C. The lowest BCUT2D eigenvalue weighted by Crippen LogP contribution is -2.38. The molecule has 4 heteroatoms. The van der Waals surface area contributed by atoms with Crippen LogP contribution in [0.3, 0.4) is 0 Å². The number of aliphatic hydroxyl groups is 3. The Morgan fingerprint density at radius 3 is 2.46 bits per heavy atom. The second-order valence-electron chi connectivity index (χ2n) is 3.51. The normalized spacial score (nSPS) is 34.5. The topological polar surface area (TPSA) is 73.2 Å². The van der Waals surface area contributed by atoms with Gasteiger partial charge in [0.2, 0.25) is 0 Å². The molecule has 4 atom stereocenters. The Balaban J connectivity index is 2.59. The maximum Gasteiger partial charge on any atom is 0.134 e. The summed E-state index contributed by atoms with van der Waals surface area (Å²) in [6.07, 6.45) is 1.81. The fourth-order valence-electron chi connectivity index (χ4n) is 1.25. The number of epoxide rings is 1. The van der Waals surface area contributed by atoms with Gasteiger partial charge in [-0.05, 0) is 19.9 Å². The fourth-order valence-corrected chi connectivity index (χ4v) is 1.25. The Morgan fingerprint density at radius 1 is 1.62 bits per heavy atom. The van der Waals surface area contributed by atoms with Crippen LogP contribution in [0.2, 0.25) is 0 Å². The molecular weight excluding hydrogens is 172 g/mol. The highest BCUT2D eigenvalue weighted by molar-refractivity contribution is 5.12. The number of aliphatic hydroxyl groups excluding tert-OH is 2. The molecule has 0 amide bonds. The van der Waals surface area contributed by atoms with Gasteiger partial charge in [-0.25, -0.2) is 0 Å². The molecule has 0 saturated carbocycles. The first-order chi connectivity index (χ1) is 5.99. The van der Waals surface area contributed by atoms with Gasteiger partial charge in [0.25, 0.3) is 0 Å². The lowest BCUT2D eigenvalue weighted by Gasteiger charge is -2.19. The van der Waals surface area contributed by atoms with Gasteiger partial charge in [-0.15, -0.1) is 0 Å². The van der Waals surface area contributed by atoms with E-state index in [1.165, 1.54) is 12.2 Å². The molecule has 1 fully saturated rings. The van der Waals surface area contributed by atoms with Gasteiger partial charge in [0, 0.05) is 0 Å². The minimum absolute atomic E-state index is 0.0317. The summed E-state index contributed by atoms with van der Waals surface area (Å²) in [4.78, 5) is 0. The summed E-state index contributed by atoms with van der Waals surface area (Å²) >= 11 is 0. The van der Waals surface area contributed by atoms with Gasteiger partial charge >= 0.3 is 0 Å². The van der Waals surface area contributed by atoms with Crippen LogP contribution >= 0.6 is 0 Å². The first-order valence-electron chi connectivity index (χ1n) is 4.36. The van der Waals surface area contributed by atoms with Crippen molar-refractivity contribution in [1.29, 1.82) is 0 Å². The molecule has 1 heterocycles. The van der Waals surface area contributed by atoms with E-state index in [2.05, 4.69) is 0 Å². The van der Waals surface area contributed by atoms with Gasteiger partial charge < -0.3 is 20.1 Å². The van der Waals surface area contributed by atoms with E-state index in [9.17, 15) is 5.11 Å². The molecule has 76 valence electrons. The Hall–Kier alpha value is -0.420. The molecule has 4 nitrogen and oxygen atoms in total. The average molecular weight is 188 g/mol. The van der Waals surface area contributed by atoms with Crippen molar-refractivity contribution in [3.63, 3.8) is 0 Å². The number of hydrogen-bond donors (Lipinski definition) is 3. The lowest BCUT2D eigenvalue weighted by atomic mass is 9.98.